The lowest BCUT2D eigenvalue weighted by Crippen LogP contribution is -2.33. The molecule has 3 aromatic carbocycles. The Morgan fingerprint density at radius 2 is 1.78 bits per heavy atom. The number of anilines is 1. The van der Waals surface area contributed by atoms with Gasteiger partial charge in [0.2, 0.25) is 5.91 Å². The molecule has 0 saturated carbocycles. The quantitative estimate of drug-likeness (QED) is 0.214. The number of hydrogen-bond donors (Lipinski definition) is 2. The standard InChI is InChI=1S/C33H30FN5OS/c1-21-19-27(22(2)39(21)25-12-8-11-24(34)20-25)32-31(29-14-5-6-17-35-29)37-33(41)38(32)18-16-30(40)36-28-15-7-10-23-9-3-4-13-26(23)28/h3-15,17,19-20,31-32H,16,18H2,1-2H3,(H,36,40)(H,37,41)/t31-,32-/m1/s1. The summed E-state index contributed by atoms with van der Waals surface area (Å²) in [6.07, 6.45) is 2.02. The maximum absolute atomic E-state index is 14.1. The van der Waals surface area contributed by atoms with Crippen LogP contribution in [0.15, 0.2) is 97.2 Å². The number of fused-ring (bicyclic) bond motifs is 1. The molecule has 1 fully saturated rings. The third kappa shape index (κ3) is 5.18. The summed E-state index contributed by atoms with van der Waals surface area (Å²) >= 11 is 5.83. The minimum absolute atomic E-state index is 0.0885. The van der Waals surface area contributed by atoms with Gasteiger partial charge in [0.25, 0.3) is 0 Å². The number of nitrogens with zero attached hydrogens (tertiary/aromatic N) is 3. The van der Waals surface area contributed by atoms with Crippen molar-refractivity contribution in [1.82, 2.24) is 19.8 Å². The molecular formula is C33H30FN5OS. The number of carbonyl (C=O) groups is 1. The Morgan fingerprint density at radius 1 is 1.00 bits per heavy atom. The van der Waals surface area contributed by atoms with Gasteiger partial charge in [-0.15, -0.1) is 0 Å². The van der Waals surface area contributed by atoms with Gasteiger partial charge in [-0.05, 0) is 79.5 Å². The number of rotatable bonds is 7. The molecule has 2 N–H and O–H groups in total. The SMILES string of the molecule is Cc1cc([C@@H]2[C@@H](c3ccccn3)NC(=S)N2CCC(=O)Nc2cccc3ccccc23)c(C)n1-c1cccc(F)c1. The van der Waals surface area contributed by atoms with Gasteiger partial charge in [0.05, 0.1) is 17.8 Å². The van der Waals surface area contributed by atoms with Crippen molar-refractivity contribution >= 4 is 39.7 Å². The molecule has 206 valence electrons. The second-order valence-corrected chi connectivity index (χ2v) is 10.7. The molecule has 1 aliphatic rings. The Hall–Kier alpha value is -4.56. The highest BCUT2D eigenvalue weighted by molar-refractivity contribution is 7.80. The minimum atomic E-state index is -0.287. The number of aryl methyl sites for hydroxylation is 1. The number of benzene rings is 3. The second kappa shape index (κ2) is 11.1. The lowest BCUT2D eigenvalue weighted by molar-refractivity contribution is -0.116. The molecule has 8 heteroatoms. The number of thiocarbonyl (C=S) groups is 1. The third-order valence-electron chi connectivity index (χ3n) is 7.70. The van der Waals surface area contributed by atoms with Gasteiger partial charge in [-0.1, -0.05) is 48.5 Å². The van der Waals surface area contributed by atoms with E-state index in [-0.39, 0.29) is 30.2 Å². The van der Waals surface area contributed by atoms with E-state index in [0.29, 0.717) is 11.7 Å². The number of hydrogen-bond acceptors (Lipinski definition) is 3. The lowest BCUT2D eigenvalue weighted by Gasteiger charge is -2.28. The fourth-order valence-corrected chi connectivity index (χ4v) is 6.19. The Kier molecular flexibility index (Phi) is 7.24. The molecule has 0 radical (unpaired) electrons. The normalized spacial score (nSPS) is 16.7. The van der Waals surface area contributed by atoms with Crippen molar-refractivity contribution in [2.75, 3.05) is 11.9 Å². The molecule has 2 atom stereocenters. The van der Waals surface area contributed by atoms with Crippen LogP contribution in [-0.4, -0.2) is 32.0 Å². The van der Waals surface area contributed by atoms with Gasteiger partial charge in [0.15, 0.2) is 5.11 Å². The van der Waals surface area contributed by atoms with Crippen LogP contribution in [0.5, 0.6) is 0 Å². The van der Waals surface area contributed by atoms with Gasteiger partial charge >= 0.3 is 0 Å². The zero-order chi connectivity index (χ0) is 28.5. The highest BCUT2D eigenvalue weighted by Crippen LogP contribution is 2.41. The van der Waals surface area contributed by atoms with Crippen molar-refractivity contribution in [1.29, 1.82) is 0 Å². The van der Waals surface area contributed by atoms with Crippen molar-refractivity contribution < 1.29 is 9.18 Å². The molecule has 3 heterocycles. The Bertz CT molecular complexity index is 1750. The lowest BCUT2D eigenvalue weighted by atomic mass is 9.96. The van der Waals surface area contributed by atoms with Crippen molar-refractivity contribution in [2.24, 2.45) is 0 Å². The van der Waals surface area contributed by atoms with Gasteiger partial charge in [0, 0.05) is 47.3 Å². The van der Waals surface area contributed by atoms with E-state index in [9.17, 15) is 9.18 Å². The number of carbonyl (C=O) groups excluding carboxylic acids is 1. The Morgan fingerprint density at radius 3 is 2.59 bits per heavy atom. The summed E-state index contributed by atoms with van der Waals surface area (Å²) in [6.45, 7) is 4.47. The molecule has 2 aromatic heterocycles. The van der Waals surface area contributed by atoms with Crippen LogP contribution >= 0.6 is 12.2 Å². The minimum Gasteiger partial charge on any atom is -0.352 e. The monoisotopic (exact) mass is 563 g/mol. The molecule has 5 aromatic rings. The van der Waals surface area contributed by atoms with Gasteiger partial charge in [0.1, 0.15) is 5.82 Å². The number of amides is 1. The number of pyridine rings is 1. The topological polar surface area (TPSA) is 62.2 Å². The third-order valence-corrected chi connectivity index (χ3v) is 8.05. The first-order valence-corrected chi connectivity index (χ1v) is 14.0. The average Bonchev–Trinajstić information content (AvgIpc) is 3.46. The summed E-state index contributed by atoms with van der Waals surface area (Å²) in [6, 6.07) is 28.0. The van der Waals surface area contributed by atoms with Crippen LogP contribution in [0.25, 0.3) is 16.5 Å². The van der Waals surface area contributed by atoms with E-state index in [4.69, 9.17) is 12.2 Å². The molecule has 41 heavy (non-hydrogen) atoms. The van der Waals surface area contributed by atoms with Crippen LogP contribution in [-0.2, 0) is 4.79 Å². The average molecular weight is 564 g/mol. The first-order chi connectivity index (χ1) is 19.9. The summed E-state index contributed by atoms with van der Waals surface area (Å²) in [5.41, 5.74) is 5.42. The molecule has 1 saturated heterocycles. The predicted molar refractivity (Wildman–Crippen MR) is 165 cm³/mol. The Balaban J connectivity index is 1.31. The molecule has 0 bridgehead atoms. The van der Waals surface area contributed by atoms with E-state index in [0.717, 1.165) is 44.8 Å². The molecule has 1 aliphatic heterocycles. The predicted octanol–water partition coefficient (Wildman–Crippen LogP) is 6.78. The first kappa shape index (κ1) is 26.7. The number of halogens is 1. The fraction of sp³-hybridized carbons (Fsp3) is 0.182. The van der Waals surface area contributed by atoms with E-state index in [1.165, 1.54) is 12.1 Å². The fourth-order valence-electron chi connectivity index (χ4n) is 5.85. The van der Waals surface area contributed by atoms with Gasteiger partial charge in [-0.3, -0.25) is 9.78 Å². The molecule has 6 rings (SSSR count). The summed E-state index contributed by atoms with van der Waals surface area (Å²) in [4.78, 5) is 19.9. The second-order valence-electron chi connectivity index (χ2n) is 10.3. The van der Waals surface area contributed by atoms with Gasteiger partial charge in [-0.25, -0.2) is 4.39 Å². The van der Waals surface area contributed by atoms with E-state index in [2.05, 4.69) is 31.2 Å². The highest BCUT2D eigenvalue weighted by Gasteiger charge is 2.41. The van der Waals surface area contributed by atoms with Crippen molar-refractivity contribution in [3.63, 3.8) is 0 Å². The number of nitrogens with one attached hydrogen (secondary N) is 2. The van der Waals surface area contributed by atoms with Gasteiger partial charge in [-0.2, -0.15) is 0 Å². The summed E-state index contributed by atoms with van der Waals surface area (Å²) in [5.74, 6) is -0.375. The molecule has 0 aliphatic carbocycles. The maximum atomic E-state index is 14.1. The van der Waals surface area contributed by atoms with Crippen molar-refractivity contribution in [3.05, 3.63) is 126 Å². The zero-order valence-electron chi connectivity index (χ0n) is 22.8. The van der Waals surface area contributed by atoms with Crippen molar-refractivity contribution in [3.8, 4) is 5.69 Å². The summed E-state index contributed by atoms with van der Waals surface area (Å²) in [7, 11) is 0. The van der Waals surface area contributed by atoms with Crippen LogP contribution in [0.4, 0.5) is 10.1 Å². The van der Waals surface area contributed by atoms with Crippen LogP contribution in [0.1, 0.15) is 41.1 Å². The highest BCUT2D eigenvalue weighted by atomic mass is 32.1. The number of aromatic nitrogens is 2. The van der Waals surface area contributed by atoms with Crippen LogP contribution in [0.3, 0.4) is 0 Å². The molecule has 0 unspecified atom stereocenters. The first-order valence-electron chi connectivity index (χ1n) is 13.6. The van der Waals surface area contributed by atoms with Crippen molar-refractivity contribution in [2.45, 2.75) is 32.4 Å². The molecule has 6 nitrogen and oxygen atoms in total. The largest absolute Gasteiger partial charge is 0.352 e. The summed E-state index contributed by atoms with van der Waals surface area (Å²) in [5, 5.41) is 9.20. The van der Waals surface area contributed by atoms with Crippen LogP contribution in [0.2, 0.25) is 0 Å². The van der Waals surface area contributed by atoms with Crippen LogP contribution in [0, 0.1) is 19.7 Å². The maximum Gasteiger partial charge on any atom is 0.226 e. The smallest absolute Gasteiger partial charge is 0.226 e. The van der Waals surface area contributed by atoms with Gasteiger partial charge < -0.3 is 20.1 Å². The molecular weight excluding hydrogens is 533 g/mol. The van der Waals surface area contributed by atoms with E-state index < -0.39 is 0 Å². The Labute approximate surface area is 243 Å². The zero-order valence-corrected chi connectivity index (χ0v) is 23.7. The van der Waals surface area contributed by atoms with E-state index in [1.54, 1.807) is 12.3 Å². The summed E-state index contributed by atoms with van der Waals surface area (Å²) < 4.78 is 16.2. The van der Waals surface area contributed by atoms with E-state index in [1.807, 2.05) is 80.6 Å². The molecule has 1 amide bonds. The van der Waals surface area contributed by atoms with E-state index >= 15 is 0 Å². The molecule has 0 spiro atoms. The van der Waals surface area contributed by atoms with Crippen LogP contribution < -0.4 is 10.6 Å².